The summed E-state index contributed by atoms with van der Waals surface area (Å²) in [7, 11) is 0. The van der Waals surface area contributed by atoms with Gasteiger partial charge in [0.25, 0.3) is 0 Å². The Labute approximate surface area is 105 Å². The summed E-state index contributed by atoms with van der Waals surface area (Å²) < 4.78 is 0. The van der Waals surface area contributed by atoms with Crippen molar-refractivity contribution in [3.63, 3.8) is 0 Å². The fraction of sp³-hybridized carbons (Fsp3) is 0. The predicted molar refractivity (Wildman–Crippen MR) is 73.1 cm³/mol. The van der Waals surface area contributed by atoms with Crippen LogP contribution in [0.5, 0.6) is 0 Å². The quantitative estimate of drug-likeness (QED) is 0.438. The molecule has 1 heteroatoms. The van der Waals surface area contributed by atoms with Crippen LogP contribution in [0.25, 0.3) is 33.0 Å². The van der Waals surface area contributed by atoms with Crippen LogP contribution in [0.3, 0.4) is 0 Å². The molecule has 0 saturated heterocycles. The van der Waals surface area contributed by atoms with Crippen molar-refractivity contribution in [2.24, 2.45) is 0 Å². The maximum absolute atomic E-state index is 9.13. The van der Waals surface area contributed by atoms with E-state index in [1.54, 1.807) is 0 Å². The number of fused-ring (bicyclic) bond motifs is 3. The van der Waals surface area contributed by atoms with Crippen LogP contribution in [-0.2, 0) is 0 Å². The molecular weight excluding hydrogens is 218 g/mol. The maximum atomic E-state index is 9.13. The van der Waals surface area contributed by atoms with E-state index in [9.17, 15) is 0 Å². The van der Waals surface area contributed by atoms with Crippen molar-refractivity contribution in [3.8, 4) is 28.3 Å². The number of nitriles is 1. The highest BCUT2D eigenvalue weighted by Gasteiger charge is 2.20. The molecule has 3 aromatic carbocycles. The standard InChI is InChI=1S/C17H9N/c18-10-11-8-12-4-3-7-15-13-5-1-2-6-14(13)16(9-11)17(12)15/h1-9H. The summed E-state index contributed by atoms with van der Waals surface area (Å²) in [5, 5.41) is 11.6. The van der Waals surface area contributed by atoms with Crippen molar-refractivity contribution in [1.82, 2.24) is 0 Å². The van der Waals surface area contributed by atoms with Crippen LogP contribution in [-0.4, -0.2) is 0 Å². The normalized spacial score (nSPS) is 11.3. The van der Waals surface area contributed by atoms with Gasteiger partial charge in [-0.25, -0.2) is 0 Å². The van der Waals surface area contributed by atoms with Crippen molar-refractivity contribution in [3.05, 3.63) is 60.2 Å². The van der Waals surface area contributed by atoms with E-state index >= 15 is 0 Å². The Morgan fingerprint density at radius 1 is 0.722 bits per heavy atom. The molecule has 18 heavy (non-hydrogen) atoms. The van der Waals surface area contributed by atoms with E-state index in [1.807, 2.05) is 12.1 Å². The van der Waals surface area contributed by atoms with E-state index < -0.39 is 0 Å². The van der Waals surface area contributed by atoms with Gasteiger partial charge in [-0.15, -0.1) is 0 Å². The molecule has 1 aliphatic carbocycles. The van der Waals surface area contributed by atoms with Crippen molar-refractivity contribution in [1.29, 1.82) is 5.26 Å². The lowest BCUT2D eigenvalue weighted by atomic mass is 10.0. The Hall–Kier alpha value is -2.59. The number of benzene rings is 3. The van der Waals surface area contributed by atoms with E-state index in [0.29, 0.717) is 0 Å². The third-order valence-corrected chi connectivity index (χ3v) is 3.61. The molecule has 0 atom stereocenters. The summed E-state index contributed by atoms with van der Waals surface area (Å²) in [5.41, 5.74) is 5.71. The van der Waals surface area contributed by atoms with Gasteiger partial charge in [0, 0.05) is 0 Å². The zero-order chi connectivity index (χ0) is 12.1. The Morgan fingerprint density at radius 2 is 1.44 bits per heavy atom. The third kappa shape index (κ3) is 1.05. The fourth-order valence-electron chi connectivity index (χ4n) is 2.88. The first-order valence-electron chi connectivity index (χ1n) is 5.95. The molecule has 82 valence electrons. The van der Waals surface area contributed by atoms with Crippen LogP contribution in [0.2, 0.25) is 0 Å². The lowest BCUT2D eigenvalue weighted by Crippen LogP contribution is -1.79. The lowest BCUT2D eigenvalue weighted by molar-refractivity contribution is 1.50. The topological polar surface area (TPSA) is 23.8 Å². The molecule has 0 unspecified atom stereocenters. The smallest absolute Gasteiger partial charge is 0.0992 e. The third-order valence-electron chi connectivity index (χ3n) is 3.61. The van der Waals surface area contributed by atoms with E-state index in [1.165, 1.54) is 27.6 Å². The molecule has 4 rings (SSSR count). The van der Waals surface area contributed by atoms with Gasteiger partial charge in [0.15, 0.2) is 0 Å². The van der Waals surface area contributed by atoms with E-state index in [2.05, 4.69) is 48.5 Å². The second kappa shape index (κ2) is 3.21. The Balaban J connectivity index is 2.27. The molecular formula is C17H9N. The van der Waals surface area contributed by atoms with Crippen LogP contribution in [0, 0.1) is 11.3 Å². The van der Waals surface area contributed by atoms with Gasteiger partial charge in [-0.1, -0.05) is 42.5 Å². The first-order valence-corrected chi connectivity index (χ1v) is 5.95. The molecule has 1 nitrogen and oxygen atoms in total. The van der Waals surface area contributed by atoms with E-state index in [0.717, 1.165) is 10.9 Å². The largest absolute Gasteiger partial charge is 0.192 e. The summed E-state index contributed by atoms with van der Waals surface area (Å²) in [6, 6.07) is 20.9. The zero-order valence-electron chi connectivity index (χ0n) is 9.64. The van der Waals surface area contributed by atoms with Crippen LogP contribution in [0.15, 0.2) is 54.6 Å². The SMILES string of the molecule is N#Cc1cc2c3c(cccc3c1)-c1ccccc1-2. The molecule has 0 fully saturated rings. The molecule has 0 aromatic heterocycles. The van der Waals surface area contributed by atoms with Gasteiger partial charge in [-0.3, -0.25) is 0 Å². The summed E-state index contributed by atoms with van der Waals surface area (Å²) in [4.78, 5) is 0. The molecule has 3 aromatic rings. The van der Waals surface area contributed by atoms with Crippen LogP contribution >= 0.6 is 0 Å². The van der Waals surface area contributed by atoms with Gasteiger partial charge in [0.1, 0.15) is 0 Å². The average Bonchev–Trinajstić information content (AvgIpc) is 2.76. The fourth-order valence-corrected chi connectivity index (χ4v) is 2.88. The first-order chi connectivity index (χ1) is 8.88. The highest BCUT2D eigenvalue weighted by molar-refractivity contribution is 6.15. The summed E-state index contributed by atoms with van der Waals surface area (Å²) in [6.07, 6.45) is 0. The summed E-state index contributed by atoms with van der Waals surface area (Å²) in [5.74, 6) is 0. The monoisotopic (exact) mass is 227 g/mol. The minimum Gasteiger partial charge on any atom is -0.192 e. The van der Waals surface area contributed by atoms with Gasteiger partial charge in [0.05, 0.1) is 11.6 Å². The number of hydrogen-bond acceptors (Lipinski definition) is 1. The molecule has 0 radical (unpaired) electrons. The van der Waals surface area contributed by atoms with Gasteiger partial charge >= 0.3 is 0 Å². The second-order valence-corrected chi connectivity index (χ2v) is 4.58. The van der Waals surface area contributed by atoms with Gasteiger partial charge in [-0.2, -0.15) is 5.26 Å². The van der Waals surface area contributed by atoms with Crippen molar-refractivity contribution >= 4 is 10.8 Å². The Bertz CT molecular complexity index is 838. The van der Waals surface area contributed by atoms with Crippen LogP contribution in [0.1, 0.15) is 5.56 Å². The Kier molecular flexibility index (Phi) is 1.68. The Morgan fingerprint density at radius 3 is 2.22 bits per heavy atom. The predicted octanol–water partition coefficient (Wildman–Crippen LogP) is 4.36. The molecule has 0 bridgehead atoms. The molecule has 0 heterocycles. The highest BCUT2D eigenvalue weighted by atomic mass is 14.3. The van der Waals surface area contributed by atoms with Crippen molar-refractivity contribution in [2.45, 2.75) is 0 Å². The number of hydrogen-bond donors (Lipinski definition) is 0. The van der Waals surface area contributed by atoms with E-state index in [-0.39, 0.29) is 0 Å². The molecule has 0 spiro atoms. The second-order valence-electron chi connectivity index (χ2n) is 4.58. The van der Waals surface area contributed by atoms with Crippen molar-refractivity contribution < 1.29 is 0 Å². The summed E-state index contributed by atoms with van der Waals surface area (Å²) >= 11 is 0. The molecule has 0 aliphatic heterocycles. The van der Waals surface area contributed by atoms with Crippen molar-refractivity contribution in [2.75, 3.05) is 0 Å². The average molecular weight is 227 g/mol. The molecule has 0 saturated carbocycles. The molecule has 1 aliphatic rings. The first kappa shape index (κ1) is 9.44. The van der Waals surface area contributed by atoms with Gasteiger partial charge < -0.3 is 0 Å². The minimum absolute atomic E-state index is 0.728. The van der Waals surface area contributed by atoms with E-state index in [4.69, 9.17) is 5.26 Å². The number of rotatable bonds is 0. The van der Waals surface area contributed by atoms with Gasteiger partial charge in [-0.05, 0) is 45.2 Å². The maximum Gasteiger partial charge on any atom is 0.0992 e. The van der Waals surface area contributed by atoms with Gasteiger partial charge in [0.2, 0.25) is 0 Å². The minimum atomic E-state index is 0.728. The van der Waals surface area contributed by atoms with Crippen LogP contribution < -0.4 is 0 Å². The highest BCUT2D eigenvalue weighted by Crippen LogP contribution is 2.47. The summed E-state index contributed by atoms with van der Waals surface area (Å²) in [6.45, 7) is 0. The lowest BCUT2D eigenvalue weighted by Gasteiger charge is -2.02. The molecule has 0 N–H and O–H groups in total. The number of nitrogens with zero attached hydrogens (tertiary/aromatic N) is 1. The van der Waals surface area contributed by atoms with Crippen LogP contribution in [0.4, 0.5) is 0 Å². The molecule has 0 amide bonds. The zero-order valence-corrected chi connectivity index (χ0v) is 9.64.